The molecule has 4 aromatic rings. The third-order valence-corrected chi connectivity index (χ3v) is 5.17. The normalized spacial score (nSPS) is 11.5. The molecule has 0 fully saturated rings. The molecule has 0 saturated heterocycles. The first-order chi connectivity index (χ1) is 20.0. The molecule has 0 atom stereocenters. The Morgan fingerprint density at radius 2 is 1.67 bits per heavy atom. The second-order valence-corrected chi connectivity index (χ2v) is 8.48. The molecule has 3 aromatic heterocycles. The lowest BCUT2D eigenvalue weighted by atomic mass is 10.1. The number of carboxylic acids is 1. The fraction of sp³-hybridized carbons (Fsp3) is 0.240. The van der Waals surface area contributed by atoms with E-state index in [-0.39, 0.29) is 31.2 Å². The molecule has 4 rings (SSSR count). The molecule has 10 nitrogen and oxygen atoms in total. The highest BCUT2D eigenvalue weighted by atomic mass is 19.4. The first-order valence-corrected chi connectivity index (χ1v) is 11.7. The zero-order valence-electron chi connectivity index (χ0n) is 21.7. The largest absolute Gasteiger partial charge is 0.490 e. The van der Waals surface area contributed by atoms with E-state index >= 15 is 0 Å². The predicted octanol–water partition coefficient (Wildman–Crippen LogP) is 4.76. The number of nitrogens with zero attached hydrogens (tertiary/aromatic N) is 5. The van der Waals surface area contributed by atoms with Crippen LogP contribution in [0.5, 0.6) is 17.5 Å². The number of pyridine rings is 1. The summed E-state index contributed by atoms with van der Waals surface area (Å²) in [6, 6.07) is 5.68. The first-order valence-electron chi connectivity index (χ1n) is 11.7. The van der Waals surface area contributed by atoms with Crippen LogP contribution in [0.2, 0.25) is 0 Å². The highest BCUT2D eigenvalue weighted by molar-refractivity contribution is 5.73. The number of halogens is 8. The lowest BCUT2D eigenvalue weighted by molar-refractivity contribution is -0.192. The van der Waals surface area contributed by atoms with Crippen molar-refractivity contribution in [3.05, 3.63) is 93.9 Å². The summed E-state index contributed by atoms with van der Waals surface area (Å²) in [5.74, 6) is -5.30. The van der Waals surface area contributed by atoms with Crippen molar-refractivity contribution in [3.63, 3.8) is 0 Å². The van der Waals surface area contributed by atoms with E-state index in [1.807, 2.05) is 0 Å². The quantitative estimate of drug-likeness (QED) is 0.280. The Morgan fingerprint density at radius 3 is 2.21 bits per heavy atom. The smallest absolute Gasteiger partial charge is 0.475 e. The monoisotopic (exact) mass is 621 g/mol. The maximum absolute atomic E-state index is 14.4. The Morgan fingerprint density at radius 1 is 0.977 bits per heavy atom. The highest BCUT2D eigenvalue weighted by Gasteiger charge is 2.38. The number of aromatic nitrogens is 5. The summed E-state index contributed by atoms with van der Waals surface area (Å²) in [4.78, 5) is 28.2. The van der Waals surface area contributed by atoms with Crippen LogP contribution in [0.15, 0.2) is 59.9 Å². The number of aryl methyl sites for hydroxylation is 1. The van der Waals surface area contributed by atoms with Crippen LogP contribution in [-0.2, 0) is 31.0 Å². The predicted molar refractivity (Wildman–Crippen MR) is 129 cm³/mol. The molecule has 1 N–H and O–H groups in total. The summed E-state index contributed by atoms with van der Waals surface area (Å²) in [5, 5.41) is 11.1. The van der Waals surface area contributed by atoms with Gasteiger partial charge in [0, 0.05) is 37.5 Å². The van der Waals surface area contributed by atoms with Crippen molar-refractivity contribution in [2.24, 2.45) is 7.05 Å². The molecule has 3 heterocycles. The van der Waals surface area contributed by atoms with Gasteiger partial charge in [0.1, 0.15) is 0 Å². The molecular weight excluding hydrogens is 602 g/mol. The van der Waals surface area contributed by atoms with E-state index in [0.29, 0.717) is 17.3 Å². The van der Waals surface area contributed by atoms with E-state index < -0.39 is 47.1 Å². The SMILES string of the molecule is Cn1cc(Cn2cc(F)c(OCCc3ccc(Oc4ccc(C(F)(F)F)cn4)c(F)c3)nc2=O)cn1.O=C(O)C(F)(F)F. The van der Waals surface area contributed by atoms with Crippen LogP contribution in [0.1, 0.15) is 16.7 Å². The van der Waals surface area contributed by atoms with Crippen LogP contribution in [0, 0.1) is 11.6 Å². The van der Waals surface area contributed by atoms with Crippen LogP contribution in [-0.4, -0.2) is 48.2 Å². The maximum Gasteiger partial charge on any atom is 0.490 e. The topological polar surface area (TPSA) is 121 Å². The highest BCUT2D eigenvalue weighted by Crippen LogP contribution is 2.30. The Hall–Kier alpha value is -5.03. The van der Waals surface area contributed by atoms with E-state index in [1.54, 1.807) is 24.1 Å². The third-order valence-electron chi connectivity index (χ3n) is 5.17. The van der Waals surface area contributed by atoms with E-state index in [9.17, 15) is 39.9 Å². The molecular formula is C25H19F8N5O5. The second-order valence-electron chi connectivity index (χ2n) is 8.48. The minimum Gasteiger partial charge on any atom is -0.475 e. The molecule has 0 bridgehead atoms. The number of alkyl halides is 6. The molecule has 1 aromatic carbocycles. The van der Waals surface area contributed by atoms with Gasteiger partial charge in [-0.15, -0.1) is 0 Å². The standard InChI is InChI=1S/C23H18F5N5O3.C2HF3O2/c1-32-11-15(9-30-32)12-33-13-18(25)21(31-22(33)34)35-7-6-14-2-4-19(17(24)8-14)36-20-5-3-16(10-29-20)23(26,27)28;3-2(4,5)1(6)7/h2-5,8-11,13H,6-7,12H2,1H3;(H,6,7). The third kappa shape index (κ3) is 9.50. The van der Waals surface area contributed by atoms with E-state index in [0.717, 1.165) is 29.0 Å². The molecule has 0 unspecified atom stereocenters. The van der Waals surface area contributed by atoms with Gasteiger partial charge in [0.2, 0.25) is 11.7 Å². The van der Waals surface area contributed by atoms with Crippen molar-refractivity contribution < 1.29 is 54.5 Å². The Bertz CT molecular complexity index is 1620. The number of rotatable bonds is 8. The number of hydrogen-bond acceptors (Lipinski definition) is 7. The second kappa shape index (κ2) is 13.3. The zero-order valence-corrected chi connectivity index (χ0v) is 21.7. The van der Waals surface area contributed by atoms with Crippen LogP contribution in [0.4, 0.5) is 35.1 Å². The van der Waals surface area contributed by atoms with Crippen molar-refractivity contribution in [2.45, 2.75) is 25.3 Å². The van der Waals surface area contributed by atoms with E-state index in [1.165, 1.54) is 12.1 Å². The Balaban J connectivity index is 0.000000646. The fourth-order valence-corrected chi connectivity index (χ4v) is 3.19. The van der Waals surface area contributed by atoms with Crippen molar-refractivity contribution in [1.82, 2.24) is 24.3 Å². The number of carboxylic acid groups (broad SMARTS) is 1. The Kier molecular flexibility index (Phi) is 10.0. The summed E-state index contributed by atoms with van der Waals surface area (Å²) in [5.41, 5.74) is -0.509. The number of carbonyl (C=O) groups is 1. The number of hydrogen-bond donors (Lipinski definition) is 1. The van der Waals surface area contributed by atoms with Crippen LogP contribution >= 0.6 is 0 Å². The lowest BCUT2D eigenvalue weighted by Crippen LogP contribution is -2.24. The average Bonchev–Trinajstić information content (AvgIpc) is 3.32. The minimum atomic E-state index is -5.08. The van der Waals surface area contributed by atoms with Crippen molar-refractivity contribution in [3.8, 4) is 17.5 Å². The molecule has 0 spiro atoms. The van der Waals surface area contributed by atoms with Crippen LogP contribution < -0.4 is 15.2 Å². The lowest BCUT2D eigenvalue weighted by Gasteiger charge is -2.10. The van der Waals surface area contributed by atoms with Crippen LogP contribution in [0.25, 0.3) is 0 Å². The van der Waals surface area contributed by atoms with E-state index in [2.05, 4.69) is 15.1 Å². The summed E-state index contributed by atoms with van der Waals surface area (Å²) < 4.78 is 111. The molecule has 43 heavy (non-hydrogen) atoms. The Labute approximate surface area is 235 Å². The molecule has 18 heteroatoms. The summed E-state index contributed by atoms with van der Waals surface area (Å²) >= 11 is 0. The van der Waals surface area contributed by atoms with Crippen molar-refractivity contribution >= 4 is 5.97 Å². The molecule has 0 aliphatic carbocycles. The van der Waals surface area contributed by atoms with Gasteiger partial charge in [0.05, 0.1) is 31.1 Å². The van der Waals surface area contributed by atoms with E-state index in [4.69, 9.17) is 19.4 Å². The van der Waals surface area contributed by atoms with Gasteiger partial charge in [-0.2, -0.15) is 40.8 Å². The molecule has 230 valence electrons. The number of ether oxygens (including phenoxy) is 2. The first kappa shape index (κ1) is 32.5. The van der Waals surface area contributed by atoms with Gasteiger partial charge >= 0.3 is 24.0 Å². The minimum absolute atomic E-state index is 0.0898. The zero-order chi connectivity index (χ0) is 31.9. The average molecular weight is 621 g/mol. The van der Waals surface area contributed by atoms with Crippen molar-refractivity contribution in [1.29, 1.82) is 0 Å². The maximum atomic E-state index is 14.4. The van der Waals surface area contributed by atoms with Gasteiger partial charge < -0.3 is 14.6 Å². The summed E-state index contributed by atoms with van der Waals surface area (Å²) in [6.45, 7) is -0.0113. The van der Waals surface area contributed by atoms with Crippen LogP contribution in [0.3, 0.4) is 0 Å². The van der Waals surface area contributed by atoms with Gasteiger partial charge in [-0.25, -0.2) is 19.0 Å². The molecule has 0 amide bonds. The van der Waals surface area contributed by atoms with Gasteiger partial charge in [-0.05, 0) is 23.8 Å². The number of aliphatic carboxylic acids is 1. The molecule has 0 aliphatic heterocycles. The molecule has 0 aliphatic rings. The van der Waals surface area contributed by atoms with Gasteiger partial charge in [0.25, 0.3) is 5.88 Å². The van der Waals surface area contributed by atoms with Gasteiger partial charge in [-0.1, -0.05) is 6.07 Å². The molecule has 0 saturated carbocycles. The van der Waals surface area contributed by atoms with Crippen molar-refractivity contribution in [2.75, 3.05) is 6.61 Å². The molecule has 0 radical (unpaired) electrons. The summed E-state index contributed by atoms with van der Waals surface area (Å²) in [6.07, 6.45) is -4.68. The fourth-order valence-electron chi connectivity index (χ4n) is 3.19. The van der Waals surface area contributed by atoms with Gasteiger partial charge in [0.15, 0.2) is 11.6 Å². The van der Waals surface area contributed by atoms with Gasteiger partial charge in [-0.3, -0.25) is 9.25 Å². The summed E-state index contributed by atoms with van der Waals surface area (Å²) in [7, 11) is 1.71. The number of benzene rings is 1.